The Balaban J connectivity index is 1.40. The van der Waals surface area contributed by atoms with Crippen LogP contribution in [0.25, 0.3) is 11.1 Å². The zero-order valence-electron chi connectivity index (χ0n) is 14.7. The Hall–Kier alpha value is -2.86. The summed E-state index contributed by atoms with van der Waals surface area (Å²) in [6.07, 6.45) is 0. The summed E-state index contributed by atoms with van der Waals surface area (Å²) >= 11 is 0. The maximum atomic E-state index is 11.1. The largest absolute Gasteiger partial charge is 0.478 e. The normalized spacial score (nSPS) is 15.5. The lowest BCUT2D eigenvalue weighted by Gasteiger charge is -2.33. The Kier molecular flexibility index (Phi) is 4.34. The average molecular weight is 351 g/mol. The number of aromatic carboxylic acids is 1. The fraction of sp³-hybridized carbons (Fsp3) is 0.300. The van der Waals surface area contributed by atoms with Gasteiger partial charge in [0.25, 0.3) is 6.01 Å². The molecule has 2 heterocycles. The topological polar surface area (TPSA) is 69.8 Å². The number of oxazole rings is 1. The van der Waals surface area contributed by atoms with Gasteiger partial charge in [0.15, 0.2) is 5.58 Å². The Morgan fingerprint density at radius 1 is 1.15 bits per heavy atom. The van der Waals surface area contributed by atoms with Crippen molar-refractivity contribution in [3.8, 4) is 0 Å². The third-order valence-corrected chi connectivity index (χ3v) is 4.75. The summed E-state index contributed by atoms with van der Waals surface area (Å²) in [6, 6.07) is 13.9. The number of rotatable bonds is 4. The fourth-order valence-corrected chi connectivity index (χ4v) is 3.32. The molecule has 1 fully saturated rings. The molecule has 1 aliphatic heterocycles. The zero-order valence-corrected chi connectivity index (χ0v) is 14.7. The van der Waals surface area contributed by atoms with E-state index in [1.807, 2.05) is 31.2 Å². The molecular formula is C20H21N3O3. The maximum absolute atomic E-state index is 11.1. The van der Waals surface area contributed by atoms with Crippen LogP contribution in [0.2, 0.25) is 0 Å². The highest BCUT2D eigenvalue weighted by atomic mass is 16.4. The summed E-state index contributed by atoms with van der Waals surface area (Å²) < 4.78 is 5.89. The van der Waals surface area contributed by atoms with Gasteiger partial charge in [-0.25, -0.2) is 4.79 Å². The Morgan fingerprint density at radius 3 is 2.73 bits per heavy atom. The number of anilines is 1. The number of carbonyl (C=O) groups is 1. The molecule has 0 bridgehead atoms. The molecule has 3 aromatic rings. The van der Waals surface area contributed by atoms with Gasteiger partial charge in [-0.1, -0.05) is 18.2 Å². The second-order valence-corrected chi connectivity index (χ2v) is 6.74. The number of nitrogens with zero attached hydrogens (tertiary/aromatic N) is 3. The van der Waals surface area contributed by atoms with Gasteiger partial charge in [0, 0.05) is 32.7 Å². The van der Waals surface area contributed by atoms with Crippen LogP contribution in [0.1, 0.15) is 21.5 Å². The van der Waals surface area contributed by atoms with E-state index in [9.17, 15) is 4.79 Å². The van der Waals surface area contributed by atoms with Crippen molar-refractivity contribution in [2.45, 2.75) is 13.5 Å². The van der Waals surface area contributed by atoms with E-state index in [-0.39, 0.29) is 0 Å². The molecule has 0 unspecified atom stereocenters. The lowest BCUT2D eigenvalue weighted by molar-refractivity contribution is 0.0696. The van der Waals surface area contributed by atoms with E-state index in [0.717, 1.165) is 49.4 Å². The van der Waals surface area contributed by atoms with Gasteiger partial charge in [-0.05, 0) is 42.3 Å². The van der Waals surface area contributed by atoms with E-state index in [1.54, 1.807) is 18.2 Å². The molecule has 1 saturated heterocycles. The Labute approximate surface area is 151 Å². The molecule has 0 radical (unpaired) electrons. The molecule has 1 aliphatic rings. The molecule has 1 N–H and O–H groups in total. The van der Waals surface area contributed by atoms with Crippen LogP contribution in [0.5, 0.6) is 0 Å². The third-order valence-electron chi connectivity index (χ3n) is 4.75. The van der Waals surface area contributed by atoms with Crippen molar-refractivity contribution in [2.75, 3.05) is 31.1 Å². The van der Waals surface area contributed by atoms with Crippen molar-refractivity contribution in [1.82, 2.24) is 9.88 Å². The minimum atomic E-state index is -0.886. The number of fused-ring (bicyclic) bond motifs is 1. The number of carboxylic acid groups (broad SMARTS) is 1. The van der Waals surface area contributed by atoms with Crippen LogP contribution in [-0.4, -0.2) is 47.1 Å². The molecule has 1 aromatic heterocycles. The minimum Gasteiger partial charge on any atom is -0.478 e. The first-order chi connectivity index (χ1) is 12.6. The second-order valence-electron chi connectivity index (χ2n) is 6.74. The van der Waals surface area contributed by atoms with E-state index in [2.05, 4.69) is 14.8 Å². The lowest BCUT2D eigenvalue weighted by Crippen LogP contribution is -2.46. The molecule has 0 spiro atoms. The molecule has 0 atom stereocenters. The molecule has 26 heavy (non-hydrogen) atoms. The summed E-state index contributed by atoms with van der Waals surface area (Å²) in [5.74, 6) is -0.886. The fourth-order valence-electron chi connectivity index (χ4n) is 3.32. The monoisotopic (exact) mass is 351 g/mol. The van der Waals surface area contributed by atoms with E-state index >= 15 is 0 Å². The van der Waals surface area contributed by atoms with Crippen molar-refractivity contribution in [2.24, 2.45) is 0 Å². The van der Waals surface area contributed by atoms with Gasteiger partial charge < -0.3 is 14.4 Å². The first-order valence-electron chi connectivity index (χ1n) is 8.75. The zero-order chi connectivity index (χ0) is 18.1. The summed E-state index contributed by atoms with van der Waals surface area (Å²) in [6.45, 7) is 6.24. The summed E-state index contributed by atoms with van der Waals surface area (Å²) in [4.78, 5) is 20.2. The smallest absolute Gasteiger partial charge is 0.335 e. The van der Waals surface area contributed by atoms with Gasteiger partial charge in [0.1, 0.15) is 5.52 Å². The minimum absolute atomic E-state index is 0.336. The maximum Gasteiger partial charge on any atom is 0.335 e. The molecule has 0 aliphatic carbocycles. The van der Waals surface area contributed by atoms with Crippen LogP contribution in [0.3, 0.4) is 0 Å². The number of benzene rings is 2. The number of aromatic nitrogens is 1. The molecule has 6 heteroatoms. The van der Waals surface area contributed by atoms with Crippen LogP contribution in [-0.2, 0) is 6.54 Å². The van der Waals surface area contributed by atoms with Crippen LogP contribution < -0.4 is 4.90 Å². The van der Waals surface area contributed by atoms with Crippen molar-refractivity contribution >= 4 is 23.1 Å². The quantitative estimate of drug-likeness (QED) is 0.779. The summed E-state index contributed by atoms with van der Waals surface area (Å²) in [5, 5.41) is 9.12. The van der Waals surface area contributed by atoms with E-state index in [1.165, 1.54) is 5.56 Å². The van der Waals surface area contributed by atoms with Crippen molar-refractivity contribution in [3.05, 3.63) is 59.2 Å². The first-order valence-corrected chi connectivity index (χ1v) is 8.75. The third kappa shape index (κ3) is 3.41. The molecule has 6 nitrogen and oxygen atoms in total. The predicted octanol–water partition coefficient (Wildman–Crippen LogP) is 3.16. The van der Waals surface area contributed by atoms with Crippen LogP contribution in [0.15, 0.2) is 46.9 Å². The number of piperazine rings is 1. The lowest BCUT2D eigenvalue weighted by atomic mass is 10.1. The number of hydrogen-bond acceptors (Lipinski definition) is 5. The van der Waals surface area contributed by atoms with Gasteiger partial charge in [0.05, 0.1) is 5.56 Å². The molecular weight excluding hydrogens is 330 g/mol. The highest BCUT2D eigenvalue weighted by molar-refractivity contribution is 5.87. The van der Waals surface area contributed by atoms with Crippen LogP contribution >= 0.6 is 0 Å². The molecule has 134 valence electrons. The summed E-state index contributed by atoms with van der Waals surface area (Å²) in [5.41, 5.74) is 4.25. The first kappa shape index (κ1) is 16.6. The summed E-state index contributed by atoms with van der Waals surface area (Å²) in [7, 11) is 0. The number of carboxylic acids is 1. The SMILES string of the molecule is Cc1ccc2oc(N3CCN(Cc4cccc(C(=O)O)c4)CC3)nc2c1. The number of hydrogen-bond donors (Lipinski definition) is 1. The highest BCUT2D eigenvalue weighted by Crippen LogP contribution is 2.24. The standard InChI is InChI=1S/C20H21N3O3/c1-14-5-6-18-17(11-14)21-20(26-18)23-9-7-22(8-10-23)13-15-3-2-4-16(12-15)19(24)25/h2-6,11-12H,7-10,13H2,1H3,(H,24,25). The number of aryl methyl sites for hydroxylation is 1. The Bertz CT molecular complexity index is 942. The van der Waals surface area contributed by atoms with Crippen molar-refractivity contribution in [3.63, 3.8) is 0 Å². The van der Waals surface area contributed by atoms with Gasteiger partial charge >= 0.3 is 5.97 Å². The average Bonchev–Trinajstić information content (AvgIpc) is 3.05. The molecule has 4 rings (SSSR count). The van der Waals surface area contributed by atoms with Crippen LogP contribution in [0.4, 0.5) is 6.01 Å². The Morgan fingerprint density at radius 2 is 1.96 bits per heavy atom. The highest BCUT2D eigenvalue weighted by Gasteiger charge is 2.21. The second kappa shape index (κ2) is 6.80. The van der Waals surface area contributed by atoms with Crippen molar-refractivity contribution in [1.29, 1.82) is 0 Å². The van der Waals surface area contributed by atoms with Gasteiger partial charge in [-0.3, -0.25) is 4.90 Å². The van der Waals surface area contributed by atoms with Gasteiger partial charge in [-0.15, -0.1) is 0 Å². The van der Waals surface area contributed by atoms with Gasteiger partial charge in [0.2, 0.25) is 0 Å². The van der Waals surface area contributed by atoms with Gasteiger partial charge in [-0.2, -0.15) is 4.98 Å². The van der Waals surface area contributed by atoms with Crippen molar-refractivity contribution < 1.29 is 14.3 Å². The van der Waals surface area contributed by atoms with Crippen LogP contribution in [0, 0.1) is 6.92 Å². The van der Waals surface area contributed by atoms with E-state index in [4.69, 9.17) is 9.52 Å². The molecule has 0 amide bonds. The molecule has 0 saturated carbocycles. The van der Waals surface area contributed by atoms with E-state index < -0.39 is 5.97 Å². The molecule has 2 aromatic carbocycles. The van der Waals surface area contributed by atoms with E-state index in [0.29, 0.717) is 11.6 Å². The predicted molar refractivity (Wildman–Crippen MR) is 99.6 cm³/mol.